The molecular weight excluding hydrogens is 220 g/mol. The molecule has 0 saturated heterocycles. The fourth-order valence-corrected chi connectivity index (χ4v) is 1.52. The lowest BCUT2D eigenvalue weighted by Gasteiger charge is -2.25. The summed E-state index contributed by atoms with van der Waals surface area (Å²) in [4.78, 5) is 0. The lowest BCUT2D eigenvalue weighted by Crippen LogP contribution is -2.27. The van der Waals surface area contributed by atoms with Gasteiger partial charge in [0, 0.05) is 0 Å². The lowest BCUT2D eigenvalue weighted by atomic mass is 9.90. The van der Waals surface area contributed by atoms with E-state index >= 15 is 0 Å². The molecular formula is C9H13BrO2. The van der Waals surface area contributed by atoms with E-state index in [1.54, 1.807) is 19.3 Å². The maximum atomic E-state index is 10.0. The third-order valence-electron chi connectivity index (χ3n) is 2.20. The van der Waals surface area contributed by atoms with Crippen molar-refractivity contribution in [1.29, 1.82) is 0 Å². The van der Waals surface area contributed by atoms with Crippen LogP contribution in [0.3, 0.4) is 0 Å². The minimum absolute atomic E-state index is 0.125. The molecule has 1 heterocycles. The molecule has 0 saturated carbocycles. The molecule has 3 heteroatoms. The van der Waals surface area contributed by atoms with Crippen LogP contribution in [0.2, 0.25) is 0 Å². The van der Waals surface area contributed by atoms with E-state index in [4.69, 9.17) is 4.42 Å². The van der Waals surface area contributed by atoms with Crippen LogP contribution < -0.4 is 0 Å². The van der Waals surface area contributed by atoms with Crippen LogP contribution >= 0.6 is 15.9 Å². The normalized spacial score (nSPS) is 16.5. The molecule has 0 spiro atoms. The molecule has 68 valence electrons. The van der Waals surface area contributed by atoms with Gasteiger partial charge in [-0.1, -0.05) is 13.8 Å². The summed E-state index contributed by atoms with van der Waals surface area (Å²) in [6.07, 6.45) is 1.57. The molecule has 0 radical (unpaired) electrons. The molecule has 1 rings (SSSR count). The average molecular weight is 233 g/mol. The molecule has 0 bridgehead atoms. The second-order valence-corrected chi connectivity index (χ2v) is 4.25. The van der Waals surface area contributed by atoms with Gasteiger partial charge in [-0.2, -0.15) is 0 Å². The number of furan rings is 1. The molecule has 1 unspecified atom stereocenters. The van der Waals surface area contributed by atoms with Crippen molar-refractivity contribution >= 4 is 15.9 Å². The Balaban J connectivity index is 3.05. The Morgan fingerprint density at radius 1 is 1.58 bits per heavy atom. The first-order valence-corrected chi connectivity index (χ1v) is 4.71. The van der Waals surface area contributed by atoms with E-state index in [0.29, 0.717) is 5.76 Å². The zero-order valence-corrected chi connectivity index (χ0v) is 9.05. The largest absolute Gasteiger partial charge is 0.465 e. The van der Waals surface area contributed by atoms with Crippen molar-refractivity contribution in [2.45, 2.75) is 26.4 Å². The van der Waals surface area contributed by atoms with E-state index in [-0.39, 0.29) is 5.92 Å². The Labute approximate surface area is 80.7 Å². The predicted octanol–water partition coefficient (Wildman–Crippen LogP) is 2.91. The van der Waals surface area contributed by atoms with Crippen LogP contribution in [0.5, 0.6) is 0 Å². The Morgan fingerprint density at radius 3 is 2.50 bits per heavy atom. The second-order valence-electron chi connectivity index (χ2n) is 3.40. The van der Waals surface area contributed by atoms with Crippen LogP contribution in [0, 0.1) is 5.92 Å². The van der Waals surface area contributed by atoms with Gasteiger partial charge in [-0.3, -0.25) is 0 Å². The number of hydrogen-bond acceptors (Lipinski definition) is 2. The van der Waals surface area contributed by atoms with Crippen molar-refractivity contribution in [2.24, 2.45) is 5.92 Å². The highest BCUT2D eigenvalue weighted by Gasteiger charge is 2.32. The van der Waals surface area contributed by atoms with Gasteiger partial charge in [0.15, 0.2) is 0 Å². The van der Waals surface area contributed by atoms with E-state index < -0.39 is 5.60 Å². The van der Waals surface area contributed by atoms with Gasteiger partial charge in [-0.05, 0) is 34.8 Å². The summed E-state index contributed by atoms with van der Waals surface area (Å²) >= 11 is 3.32. The summed E-state index contributed by atoms with van der Waals surface area (Å²) in [7, 11) is 0. The Morgan fingerprint density at radius 2 is 2.17 bits per heavy atom. The van der Waals surface area contributed by atoms with Crippen LogP contribution in [0.4, 0.5) is 0 Å². The third kappa shape index (κ3) is 1.57. The maximum absolute atomic E-state index is 10.0. The van der Waals surface area contributed by atoms with E-state index in [2.05, 4.69) is 15.9 Å². The maximum Gasteiger partial charge on any atom is 0.149 e. The monoisotopic (exact) mass is 232 g/mol. The molecule has 0 fully saturated rings. The Bertz CT molecular complexity index is 263. The Kier molecular flexibility index (Phi) is 2.64. The van der Waals surface area contributed by atoms with Crippen molar-refractivity contribution in [3.05, 3.63) is 22.6 Å². The highest BCUT2D eigenvalue weighted by molar-refractivity contribution is 9.10. The SMILES string of the molecule is CC(C)C(C)(O)c1occc1Br. The summed E-state index contributed by atoms with van der Waals surface area (Å²) in [5.41, 5.74) is -0.900. The first-order valence-electron chi connectivity index (χ1n) is 3.92. The van der Waals surface area contributed by atoms with Gasteiger partial charge < -0.3 is 9.52 Å². The molecule has 2 nitrogen and oxygen atoms in total. The lowest BCUT2D eigenvalue weighted by molar-refractivity contribution is -0.0119. The summed E-state index contributed by atoms with van der Waals surface area (Å²) in [6.45, 7) is 5.66. The second kappa shape index (κ2) is 3.23. The fourth-order valence-electron chi connectivity index (χ4n) is 0.917. The molecule has 1 aromatic rings. The molecule has 12 heavy (non-hydrogen) atoms. The molecule has 0 aliphatic rings. The standard InChI is InChI=1S/C9H13BrO2/c1-6(2)9(3,11)8-7(10)4-5-12-8/h4-6,11H,1-3H3. The quantitative estimate of drug-likeness (QED) is 0.851. The summed E-state index contributed by atoms with van der Waals surface area (Å²) in [5, 5.41) is 10.0. The van der Waals surface area contributed by atoms with Gasteiger partial charge >= 0.3 is 0 Å². The highest BCUT2D eigenvalue weighted by Crippen LogP contribution is 2.34. The van der Waals surface area contributed by atoms with Crippen LogP contribution in [-0.4, -0.2) is 5.11 Å². The van der Waals surface area contributed by atoms with Gasteiger partial charge in [0.1, 0.15) is 11.4 Å². The van der Waals surface area contributed by atoms with Crippen molar-refractivity contribution in [3.8, 4) is 0 Å². The van der Waals surface area contributed by atoms with E-state index in [1.807, 2.05) is 13.8 Å². The zero-order valence-electron chi connectivity index (χ0n) is 7.47. The highest BCUT2D eigenvalue weighted by atomic mass is 79.9. The van der Waals surface area contributed by atoms with Gasteiger partial charge in [0.05, 0.1) is 10.7 Å². The van der Waals surface area contributed by atoms with E-state index in [1.165, 1.54) is 0 Å². The molecule has 0 aliphatic heterocycles. The summed E-state index contributed by atoms with van der Waals surface area (Å²) < 4.78 is 6.01. The van der Waals surface area contributed by atoms with Crippen LogP contribution in [-0.2, 0) is 5.60 Å². The van der Waals surface area contributed by atoms with Crippen molar-refractivity contribution in [1.82, 2.24) is 0 Å². The third-order valence-corrected chi connectivity index (χ3v) is 2.83. The molecule has 0 aromatic carbocycles. The average Bonchev–Trinajstić information content (AvgIpc) is 2.35. The van der Waals surface area contributed by atoms with Crippen molar-refractivity contribution in [2.75, 3.05) is 0 Å². The van der Waals surface area contributed by atoms with E-state index in [0.717, 1.165) is 4.47 Å². The Hall–Kier alpha value is -0.280. The van der Waals surface area contributed by atoms with Crippen LogP contribution in [0.15, 0.2) is 21.2 Å². The van der Waals surface area contributed by atoms with Gasteiger partial charge in [0.2, 0.25) is 0 Å². The molecule has 1 aromatic heterocycles. The molecule has 1 N–H and O–H groups in total. The van der Waals surface area contributed by atoms with Gasteiger partial charge in [0.25, 0.3) is 0 Å². The summed E-state index contributed by atoms with van der Waals surface area (Å²) in [6, 6.07) is 1.78. The van der Waals surface area contributed by atoms with Gasteiger partial charge in [-0.25, -0.2) is 0 Å². The van der Waals surface area contributed by atoms with Gasteiger partial charge in [-0.15, -0.1) is 0 Å². The van der Waals surface area contributed by atoms with Crippen LogP contribution in [0.25, 0.3) is 0 Å². The number of aliphatic hydroxyl groups is 1. The first-order chi connectivity index (χ1) is 5.46. The summed E-state index contributed by atoms with van der Waals surface area (Å²) in [5.74, 6) is 0.720. The minimum Gasteiger partial charge on any atom is -0.465 e. The zero-order chi connectivity index (χ0) is 9.35. The van der Waals surface area contributed by atoms with Crippen molar-refractivity contribution < 1.29 is 9.52 Å². The van der Waals surface area contributed by atoms with Crippen LogP contribution in [0.1, 0.15) is 26.5 Å². The first kappa shape index (κ1) is 9.81. The molecule has 1 atom stereocenters. The number of rotatable bonds is 2. The topological polar surface area (TPSA) is 33.4 Å². The smallest absolute Gasteiger partial charge is 0.149 e. The van der Waals surface area contributed by atoms with E-state index in [9.17, 15) is 5.11 Å². The number of hydrogen-bond donors (Lipinski definition) is 1. The number of halogens is 1. The predicted molar refractivity (Wildman–Crippen MR) is 50.8 cm³/mol. The fraction of sp³-hybridized carbons (Fsp3) is 0.556. The molecule has 0 aliphatic carbocycles. The minimum atomic E-state index is -0.900. The van der Waals surface area contributed by atoms with Crippen molar-refractivity contribution in [3.63, 3.8) is 0 Å². The molecule has 0 amide bonds.